The van der Waals surface area contributed by atoms with Gasteiger partial charge in [-0.1, -0.05) is 12.1 Å². The van der Waals surface area contributed by atoms with E-state index in [2.05, 4.69) is 15.5 Å². The van der Waals surface area contributed by atoms with Gasteiger partial charge in [-0.25, -0.2) is 4.79 Å². The number of esters is 1. The van der Waals surface area contributed by atoms with Crippen molar-refractivity contribution in [3.63, 3.8) is 0 Å². The fourth-order valence-electron chi connectivity index (χ4n) is 3.25. The largest absolute Gasteiger partial charge is 0.497 e. The number of hydrogen-bond donors (Lipinski definition) is 2. The number of amides is 2. The molecule has 1 aromatic carbocycles. The lowest BCUT2D eigenvalue weighted by atomic mass is 9.88. The molecule has 2 atom stereocenters. The smallest absolute Gasteiger partial charge is 0.319 e. The molecule has 0 saturated carbocycles. The molecule has 2 amide bonds. The Morgan fingerprint density at radius 2 is 2.00 bits per heavy atom. The molecule has 0 radical (unpaired) electrons. The van der Waals surface area contributed by atoms with Crippen molar-refractivity contribution in [1.82, 2.24) is 15.5 Å². The topological polar surface area (TPSA) is 79.9 Å². The second kappa shape index (κ2) is 9.03. The Hall–Kier alpha value is -2.35. The summed E-state index contributed by atoms with van der Waals surface area (Å²) in [6, 6.07) is 6.52. The number of nitrogens with one attached hydrogen (secondary N) is 2. The normalized spacial score (nSPS) is 24.1. The van der Waals surface area contributed by atoms with Crippen molar-refractivity contribution in [3.8, 4) is 5.75 Å². The lowest BCUT2D eigenvalue weighted by Crippen LogP contribution is -2.52. The summed E-state index contributed by atoms with van der Waals surface area (Å²) in [7, 11) is 1.60. The average molecular weight is 391 g/mol. The monoisotopic (exact) mass is 391 g/mol. The number of urea groups is 1. The van der Waals surface area contributed by atoms with Crippen LogP contribution >= 0.6 is 11.8 Å². The van der Waals surface area contributed by atoms with Crippen LogP contribution < -0.4 is 15.4 Å². The highest BCUT2D eigenvalue weighted by atomic mass is 32.2. The van der Waals surface area contributed by atoms with Crippen LogP contribution in [0.25, 0.3) is 0 Å². The van der Waals surface area contributed by atoms with E-state index in [0.29, 0.717) is 11.4 Å². The second-order valence-electron chi connectivity index (χ2n) is 6.31. The Balaban J connectivity index is 1.94. The van der Waals surface area contributed by atoms with E-state index in [1.54, 1.807) is 14.0 Å². The predicted octanol–water partition coefficient (Wildman–Crippen LogP) is 2.12. The molecule has 2 fully saturated rings. The van der Waals surface area contributed by atoms with Gasteiger partial charge in [-0.05, 0) is 24.6 Å². The third-order valence-corrected chi connectivity index (χ3v) is 5.54. The average Bonchev–Trinajstić information content (AvgIpc) is 2.68. The molecule has 27 heavy (non-hydrogen) atoms. The van der Waals surface area contributed by atoms with Gasteiger partial charge < -0.3 is 25.0 Å². The van der Waals surface area contributed by atoms with Crippen LogP contribution in [0.5, 0.6) is 5.75 Å². The zero-order valence-corrected chi connectivity index (χ0v) is 16.4. The molecular weight excluding hydrogens is 366 g/mol. The van der Waals surface area contributed by atoms with Crippen molar-refractivity contribution in [2.45, 2.75) is 13.0 Å². The molecule has 0 aliphatic carbocycles. The number of carbonyl (C=O) groups is 2. The molecule has 2 saturated heterocycles. The van der Waals surface area contributed by atoms with Gasteiger partial charge in [0.2, 0.25) is 0 Å². The zero-order chi connectivity index (χ0) is 19.2. The third-order valence-electron chi connectivity index (χ3n) is 4.60. The summed E-state index contributed by atoms with van der Waals surface area (Å²) in [5.41, 5.74) is 1.40. The molecule has 0 unspecified atom stereocenters. The van der Waals surface area contributed by atoms with Gasteiger partial charge in [0.1, 0.15) is 11.7 Å². The molecule has 8 heteroatoms. The summed E-state index contributed by atoms with van der Waals surface area (Å²) in [5, 5.41) is 5.68. The van der Waals surface area contributed by atoms with Gasteiger partial charge >= 0.3 is 12.0 Å². The maximum absolute atomic E-state index is 12.8. The molecule has 0 spiro atoms. The predicted molar refractivity (Wildman–Crippen MR) is 105 cm³/mol. The van der Waals surface area contributed by atoms with Gasteiger partial charge in [-0.2, -0.15) is 11.8 Å². The van der Waals surface area contributed by atoms with Gasteiger partial charge in [-0.15, -0.1) is 0 Å². The van der Waals surface area contributed by atoms with Crippen LogP contribution in [0.4, 0.5) is 4.79 Å². The van der Waals surface area contributed by atoms with E-state index in [4.69, 9.17) is 9.47 Å². The Morgan fingerprint density at radius 1 is 1.30 bits per heavy atom. The van der Waals surface area contributed by atoms with Crippen molar-refractivity contribution >= 4 is 23.8 Å². The van der Waals surface area contributed by atoms with Gasteiger partial charge in [-0.3, -0.25) is 4.79 Å². The second-order valence-corrected chi connectivity index (χ2v) is 7.54. The maximum Gasteiger partial charge on any atom is 0.319 e. The van der Waals surface area contributed by atoms with Crippen LogP contribution in [0.2, 0.25) is 0 Å². The SMILES string of the molecule is CCOC(=O)[C@H]1/C(=C\N2CCSCC2)NC(=O)N[C@@H]1c1ccc(OC)cc1. The summed E-state index contributed by atoms with van der Waals surface area (Å²) in [6.45, 7) is 3.84. The highest BCUT2D eigenvalue weighted by Crippen LogP contribution is 2.32. The number of rotatable bonds is 5. The van der Waals surface area contributed by atoms with Crippen LogP contribution in [0.1, 0.15) is 18.5 Å². The number of thioether (sulfide) groups is 1. The molecule has 2 N–H and O–H groups in total. The van der Waals surface area contributed by atoms with Gasteiger partial charge in [0, 0.05) is 30.8 Å². The summed E-state index contributed by atoms with van der Waals surface area (Å²) in [6.07, 6.45) is 1.90. The Labute approximate surface area is 163 Å². The standard InChI is InChI=1S/C19H25N3O4S/c1-3-26-18(23)16-15(12-22-8-10-27-11-9-22)20-19(24)21-17(16)13-4-6-14(25-2)7-5-13/h4-7,12,16-17H,3,8-11H2,1-2H3,(H2,20,21,24)/b15-12+/t16-,17+/m0/s1. The fourth-order valence-corrected chi connectivity index (χ4v) is 4.18. The molecule has 7 nitrogen and oxygen atoms in total. The van der Waals surface area contributed by atoms with Crippen molar-refractivity contribution < 1.29 is 19.1 Å². The number of hydrogen-bond acceptors (Lipinski definition) is 6. The first kappa shape index (κ1) is 19.4. The van der Waals surface area contributed by atoms with E-state index in [1.807, 2.05) is 42.2 Å². The van der Waals surface area contributed by atoms with Crippen LogP contribution in [0.3, 0.4) is 0 Å². The summed E-state index contributed by atoms with van der Waals surface area (Å²) < 4.78 is 10.5. The lowest BCUT2D eigenvalue weighted by molar-refractivity contribution is -0.148. The van der Waals surface area contributed by atoms with Crippen LogP contribution in [0, 0.1) is 5.92 Å². The van der Waals surface area contributed by atoms with E-state index in [9.17, 15) is 9.59 Å². The number of benzene rings is 1. The molecule has 3 rings (SSSR count). The van der Waals surface area contributed by atoms with Gasteiger partial charge in [0.25, 0.3) is 0 Å². The summed E-state index contributed by atoms with van der Waals surface area (Å²) in [5.74, 6) is 1.78. The first-order chi connectivity index (χ1) is 13.1. The van der Waals surface area contributed by atoms with Gasteiger partial charge in [0.05, 0.1) is 25.5 Å². The number of nitrogens with zero attached hydrogens (tertiary/aromatic N) is 1. The van der Waals surface area contributed by atoms with Crippen molar-refractivity contribution in [2.24, 2.45) is 5.92 Å². The molecule has 2 aliphatic rings. The number of methoxy groups -OCH3 is 1. The van der Waals surface area contributed by atoms with Crippen LogP contribution in [-0.4, -0.2) is 55.2 Å². The quantitative estimate of drug-likeness (QED) is 0.749. The van der Waals surface area contributed by atoms with E-state index in [0.717, 1.165) is 30.2 Å². The fraction of sp³-hybridized carbons (Fsp3) is 0.474. The molecule has 2 heterocycles. The van der Waals surface area contributed by atoms with Crippen molar-refractivity contribution in [1.29, 1.82) is 0 Å². The Kier molecular flexibility index (Phi) is 6.49. The van der Waals surface area contributed by atoms with E-state index >= 15 is 0 Å². The Morgan fingerprint density at radius 3 is 2.63 bits per heavy atom. The summed E-state index contributed by atoms with van der Waals surface area (Å²) >= 11 is 1.90. The minimum absolute atomic E-state index is 0.284. The zero-order valence-electron chi connectivity index (χ0n) is 15.6. The van der Waals surface area contributed by atoms with Crippen molar-refractivity contribution in [3.05, 3.63) is 41.7 Å². The summed E-state index contributed by atoms with van der Waals surface area (Å²) in [4.78, 5) is 27.2. The molecule has 1 aromatic rings. The van der Waals surface area contributed by atoms with E-state index in [-0.39, 0.29) is 18.6 Å². The van der Waals surface area contributed by atoms with E-state index < -0.39 is 12.0 Å². The highest BCUT2D eigenvalue weighted by molar-refractivity contribution is 7.99. The van der Waals surface area contributed by atoms with Gasteiger partial charge in [0.15, 0.2) is 0 Å². The number of carbonyl (C=O) groups excluding carboxylic acids is 2. The molecule has 0 bridgehead atoms. The molecule has 0 aromatic heterocycles. The van der Waals surface area contributed by atoms with E-state index in [1.165, 1.54) is 0 Å². The molecular formula is C19H25N3O4S. The first-order valence-electron chi connectivity index (χ1n) is 9.04. The Bertz CT molecular complexity index is 701. The number of ether oxygens (including phenoxy) is 2. The van der Waals surface area contributed by atoms with Crippen LogP contribution in [-0.2, 0) is 9.53 Å². The van der Waals surface area contributed by atoms with Crippen molar-refractivity contribution in [2.75, 3.05) is 38.3 Å². The highest BCUT2D eigenvalue weighted by Gasteiger charge is 2.40. The lowest BCUT2D eigenvalue weighted by Gasteiger charge is -2.35. The minimum Gasteiger partial charge on any atom is -0.497 e. The van der Waals surface area contributed by atoms with Crippen LogP contribution in [0.15, 0.2) is 36.2 Å². The first-order valence-corrected chi connectivity index (χ1v) is 10.2. The minimum atomic E-state index is -0.634. The maximum atomic E-state index is 12.8. The third kappa shape index (κ3) is 4.68. The molecule has 146 valence electrons. The molecule has 2 aliphatic heterocycles.